The molecule has 4 rings (SSSR count). The number of hydrogen-bond acceptors (Lipinski definition) is 7. The Hall–Kier alpha value is -2.27. The number of sulfonamides is 1. The van der Waals surface area contributed by atoms with Crippen molar-refractivity contribution in [3.05, 3.63) is 28.7 Å². The molecule has 2 aliphatic heterocycles. The topological polar surface area (TPSA) is 114 Å². The van der Waals surface area contributed by atoms with Gasteiger partial charge in [0.1, 0.15) is 5.76 Å². The minimum atomic E-state index is -3.31. The number of hydrogen-bond donors (Lipinski definition) is 0. The summed E-state index contributed by atoms with van der Waals surface area (Å²) in [6.45, 7) is 5.77. The second kappa shape index (κ2) is 8.10. The van der Waals surface area contributed by atoms with Crippen LogP contribution >= 0.6 is 0 Å². The first-order valence-electron chi connectivity index (χ1n) is 10.3. The minimum absolute atomic E-state index is 0.0567. The van der Waals surface area contributed by atoms with Gasteiger partial charge in [0, 0.05) is 31.6 Å². The van der Waals surface area contributed by atoms with E-state index in [1.54, 1.807) is 4.90 Å². The summed E-state index contributed by atoms with van der Waals surface area (Å²) in [5, 5.41) is 12.6. The van der Waals surface area contributed by atoms with E-state index in [4.69, 9.17) is 4.52 Å². The van der Waals surface area contributed by atoms with Crippen molar-refractivity contribution in [1.82, 2.24) is 29.1 Å². The van der Waals surface area contributed by atoms with Crippen LogP contribution in [0.25, 0.3) is 0 Å². The Morgan fingerprint density at radius 2 is 1.97 bits per heavy atom. The highest BCUT2D eigenvalue weighted by Crippen LogP contribution is 2.33. The number of aryl methyl sites for hydroxylation is 2. The molecule has 0 spiro atoms. The van der Waals surface area contributed by atoms with Crippen LogP contribution in [0.2, 0.25) is 0 Å². The fourth-order valence-electron chi connectivity index (χ4n) is 4.45. The zero-order valence-electron chi connectivity index (χ0n) is 17.7. The molecule has 4 heterocycles. The molecule has 1 unspecified atom stereocenters. The van der Waals surface area contributed by atoms with Crippen molar-refractivity contribution in [3.63, 3.8) is 0 Å². The van der Waals surface area contributed by atoms with Gasteiger partial charge in [-0.25, -0.2) is 8.42 Å². The average molecular weight is 437 g/mol. The summed E-state index contributed by atoms with van der Waals surface area (Å²) >= 11 is 0. The van der Waals surface area contributed by atoms with E-state index in [9.17, 15) is 13.2 Å². The lowest BCUT2D eigenvalue weighted by atomic mass is 10.0. The molecule has 0 aliphatic carbocycles. The number of amides is 1. The van der Waals surface area contributed by atoms with E-state index < -0.39 is 10.0 Å². The zero-order chi connectivity index (χ0) is 21.5. The Kier molecular flexibility index (Phi) is 5.67. The molecule has 0 aromatic carbocycles. The van der Waals surface area contributed by atoms with E-state index in [0.29, 0.717) is 50.7 Å². The van der Waals surface area contributed by atoms with Gasteiger partial charge in [-0.05, 0) is 33.1 Å². The van der Waals surface area contributed by atoms with Crippen LogP contribution in [0.5, 0.6) is 0 Å². The summed E-state index contributed by atoms with van der Waals surface area (Å²) in [5.41, 5.74) is 1.82. The number of aromatic nitrogens is 4. The normalized spacial score (nSPS) is 20.4. The Bertz CT molecular complexity index is 1020. The smallest absolute Gasteiger partial charge is 0.223 e. The van der Waals surface area contributed by atoms with Gasteiger partial charge in [0.2, 0.25) is 15.9 Å². The van der Waals surface area contributed by atoms with Gasteiger partial charge in [0.05, 0.1) is 24.5 Å². The van der Waals surface area contributed by atoms with Crippen molar-refractivity contribution < 1.29 is 17.7 Å². The molecule has 0 saturated carbocycles. The summed E-state index contributed by atoms with van der Waals surface area (Å²) in [5.74, 6) is 2.21. The number of nitrogens with zero attached hydrogens (tertiary/aromatic N) is 6. The first kappa shape index (κ1) is 21.0. The van der Waals surface area contributed by atoms with Crippen LogP contribution in [0.15, 0.2) is 4.52 Å². The van der Waals surface area contributed by atoms with Gasteiger partial charge in [-0.15, -0.1) is 10.2 Å². The number of fused-ring (bicyclic) bond motifs is 1. The van der Waals surface area contributed by atoms with Crippen molar-refractivity contribution in [1.29, 1.82) is 0 Å². The molecule has 164 valence electrons. The van der Waals surface area contributed by atoms with E-state index in [-0.39, 0.29) is 11.9 Å². The second-order valence-electron chi connectivity index (χ2n) is 8.13. The molecular formula is C19H28N6O4S. The summed E-state index contributed by atoms with van der Waals surface area (Å²) < 4.78 is 33.1. The minimum Gasteiger partial charge on any atom is -0.361 e. The Morgan fingerprint density at radius 1 is 1.17 bits per heavy atom. The third-order valence-electron chi connectivity index (χ3n) is 6.08. The molecule has 1 amide bonds. The summed E-state index contributed by atoms with van der Waals surface area (Å²) in [6, 6.07) is -0.281. The largest absolute Gasteiger partial charge is 0.361 e. The highest BCUT2D eigenvalue weighted by Gasteiger charge is 2.36. The maximum absolute atomic E-state index is 12.7. The van der Waals surface area contributed by atoms with Crippen LogP contribution in [-0.4, -0.2) is 62.8 Å². The molecule has 1 saturated heterocycles. The Balaban J connectivity index is 1.45. The van der Waals surface area contributed by atoms with E-state index in [2.05, 4.69) is 15.4 Å². The number of rotatable bonds is 5. The summed E-state index contributed by atoms with van der Waals surface area (Å²) in [7, 11) is -3.31. The predicted molar refractivity (Wildman–Crippen MR) is 108 cm³/mol. The SMILES string of the molecule is Cc1noc(C)c1CCC(=O)N1CCn2c(nnc2C2CCCCN2S(C)(=O)=O)C1. The van der Waals surface area contributed by atoms with Crippen molar-refractivity contribution in [2.75, 3.05) is 19.3 Å². The molecule has 10 nitrogen and oxygen atoms in total. The Morgan fingerprint density at radius 3 is 2.67 bits per heavy atom. The fraction of sp³-hybridized carbons (Fsp3) is 0.684. The van der Waals surface area contributed by atoms with Crippen molar-refractivity contribution in [2.45, 2.75) is 65.1 Å². The maximum Gasteiger partial charge on any atom is 0.223 e. The molecule has 11 heteroatoms. The monoisotopic (exact) mass is 436 g/mol. The van der Waals surface area contributed by atoms with Crippen molar-refractivity contribution >= 4 is 15.9 Å². The standard InChI is InChI=1S/C19H28N6O4S/c1-13-15(14(2)29-22-13)7-8-18(26)23-10-11-24-17(12-23)20-21-19(24)16-6-4-5-9-25(16)30(3,27)28/h16H,4-12H2,1-3H3. The van der Waals surface area contributed by atoms with Gasteiger partial charge >= 0.3 is 0 Å². The van der Waals surface area contributed by atoms with Crippen LogP contribution in [0.3, 0.4) is 0 Å². The molecule has 0 radical (unpaired) electrons. The van der Waals surface area contributed by atoms with Crippen LogP contribution in [0.4, 0.5) is 0 Å². The zero-order valence-corrected chi connectivity index (χ0v) is 18.5. The Labute approximate surface area is 176 Å². The summed E-state index contributed by atoms with van der Waals surface area (Å²) in [4.78, 5) is 14.5. The quantitative estimate of drug-likeness (QED) is 0.695. The highest BCUT2D eigenvalue weighted by molar-refractivity contribution is 7.88. The van der Waals surface area contributed by atoms with E-state index >= 15 is 0 Å². The number of carbonyl (C=O) groups excluding carboxylic acids is 1. The van der Waals surface area contributed by atoms with E-state index in [1.165, 1.54) is 10.6 Å². The molecule has 2 aromatic rings. The van der Waals surface area contributed by atoms with Gasteiger partial charge in [0.15, 0.2) is 11.6 Å². The van der Waals surface area contributed by atoms with Crippen LogP contribution in [-0.2, 0) is 34.3 Å². The number of carbonyl (C=O) groups is 1. The molecule has 1 atom stereocenters. The third kappa shape index (κ3) is 4.00. The molecule has 0 bridgehead atoms. The molecular weight excluding hydrogens is 408 g/mol. The summed E-state index contributed by atoms with van der Waals surface area (Å²) in [6.07, 6.45) is 4.79. The van der Waals surface area contributed by atoms with Crippen molar-refractivity contribution in [2.24, 2.45) is 0 Å². The van der Waals surface area contributed by atoms with Gasteiger partial charge in [-0.1, -0.05) is 11.6 Å². The van der Waals surface area contributed by atoms with Crippen LogP contribution in [0.1, 0.15) is 60.4 Å². The van der Waals surface area contributed by atoms with E-state index in [1.807, 2.05) is 18.4 Å². The molecule has 30 heavy (non-hydrogen) atoms. The van der Waals surface area contributed by atoms with Gasteiger partial charge in [-0.2, -0.15) is 4.31 Å². The van der Waals surface area contributed by atoms with Crippen LogP contribution < -0.4 is 0 Å². The lowest BCUT2D eigenvalue weighted by molar-refractivity contribution is -0.132. The van der Waals surface area contributed by atoms with Crippen molar-refractivity contribution in [3.8, 4) is 0 Å². The third-order valence-corrected chi connectivity index (χ3v) is 7.37. The highest BCUT2D eigenvalue weighted by atomic mass is 32.2. The maximum atomic E-state index is 12.7. The van der Waals surface area contributed by atoms with Crippen LogP contribution in [0, 0.1) is 13.8 Å². The fourth-order valence-corrected chi connectivity index (χ4v) is 5.57. The second-order valence-corrected chi connectivity index (χ2v) is 10.1. The predicted octanol–water partition coefficient (Wildman–Crippen LogP) is 1.34. The van der Waals surface area contributed by atoms with Gasteiger partial charge < -0.3 is 14.0 Å². The molecule has 0 N–H and O–H groups in total. The first-order chi connectivity index (χ1) is 14.3. The average Bonchev–Trinajstić information content (AvgIpc) is 3.28. The van der Waals surface area contributed by atoms with Gasteiger partial charge in [0.25, 0.3) is 0 Å². The lowest BCUT2D eigenvalue weighted by Gasteiger charge is -2.34. The molecule has 2 aromatic heterocycles. The lowest BCUT2D eigenvalue weighted by Crippen LogP contribution is -2.41. The first-order valence-corrected chi connectivity index (χ1v) is 12.2. The van der Waals surface area contributed by atoms with Gasteiger partial charge in [-0.3, -0.25) is 4.79 Å². The van der Waals surface area contributed by atoms with E-state index in [0.717, 1.165) is 36.3 Å². The molecule has 1 fully saturated rings. The molecule has 2 aliphatic rings. The number of piperidine rings is 1.